The van der Waals surface area contributed by atoms with Crippen molar-refractivity contribution in [3.63, 3.8) is 0 Å². The molecule has 0 rings (SSSR count). The van der Waals surface area contributed by atoms with Gasteiger partial charge in [0.15, 0.2) is 0 Å². The highest BCUT2D eigenvalue weighted by atomic mass is 19.3. The SMILES string of the molecule is NC(=O)CCCNC(=O)C(F)F. The smallest absolute Gasteiger partial charge is 0.315 e. The van der Waals surface area contributed by atoms with Crippen LogP contribution in [0.3, 0.4) is 0 Å². The van der Waals surface area contributed by atoms with Crippen molar-refractivity contribution in [3.8, 4) is 0 Å². The molecule has 0 saturated heterocycles. The second kappa shape index (κ2) is 5.45. The van der Waals surface area contributed by atoms with Gasteiger partial charge < -0.3 is 11.1 Å². The van der Waals surface area contributed by atoms with Gasteiger partial charge >= 0.3 is 6.43 Å². The Kier molecular flexibility index (Phi) is 4.91. The Labute approximate surface area is 68.1 Å². The molecular formula is C6H10F2N2O2. The van der Waals surface area contributed by atoms with Crippen molar-refractivity contribution in [2.24, 2.45) is 5.73 Å². The summed E-state index contributed by atoms with van der Waals surface area (Å²) in [5.41, 5.74) is 4.77. The van der Waals surface area contributed by atoms with Crippen LogP contribution in [0.5, 0.6) is 0 Å². The molecule has 0 spiro atoms. The van der Waals surface area contributed by atoms with E-state index in [0.29, 0.717) is 0 Å². The second-order valence-corrected chi connectivity index (χ2v) is 2.16. The van der Waals surface area contributed by atoms with Gasteiger partial charge in [-0.25, -0.2) is 0 Å². The van der Waals surface area contributed by atoms with E-state index in [1.807, 2.05) is 5.32 Å². The fourth-order valence-electron chi connectivity index (χ4n) is 0.551. The van der Waals surface area contributed by atoms with Crippen molar-refractivity contribution in [2.45, 2.75) is 19.3 Å². The first-order valence-corrected chi connectivity index (χ1v) is 3.38. The van der Waals surface area contributed by atoms with Crippen LogP contribution in [0.25, 0.3) is 0 Å². The van der Waals surface area contributed by atoms with Crippen molar-refractivity contribution >= 4 is 11.8 Å². The molecule has 0 aromatic rings. The van der Waals surface area contributed by atoms with Gasteiger partial charge in [-0.05, 0) is 6.42 Å². The Morgan fingerprint density at radius 1 is 1.42 bits per heavy atom. The number of hydrogen-bond acceptors (Lipinski definition) is 2. The lowest BCUT2D eigenvalue weighted by Crippen LogP contribution is -2.30. The highest BCUT2D eigenvalue weighted by Gasteiger charge is 2.13. The number of nitrogens with two attached hydrogens (primary N) is 1. The highest BCUT2D eigenvalue weighted by Crippen LogP contribution is 1.91. The Hall–Kier alpha value is -1.20. The summed E-state index contributed by atoms with van der Waals surface area (Å²) in [6.45, 7) is 0.0477. The molecule has 0 radical (unpaired) electrons. The minimum atomic E-state index is -3.00. The molecule has 0 bridgehead atoms. The molecule has 0 atom stereocenters. The number of carbonyl (C=O) groups excluding carboxylic acids is 2. The Morgan fingerprint density at radius 2 is 2.00 bits per heavy atom. The zero-order valence-electron chi connectivity index (χ0n) is 6.35. The number of hydrogen-bond donors (Lipinski definition) is 2. The van der Waals surface area contributed by atoms with Gasteiger partial charge in [0.1, 0.15) is 0 Å². The van der Waals surface area contributed by atoms with Gasteiger partial charge in [-0.1, -0.05) is 0 Å². The molecule has 4 nitrogen and oxygen atoms in total. The van der Waals surface area contributed by atoms with E-state index in [4.69, 9.17) is 5.73 Å². The number of primary amides is 1. The van der Waals surface area contributed by atoms with Crippen molar-refractivity contribution in [1.82, 2.24) is 5.32 Å². The quantitative estimate of drug-likeness (QED) is 0.567. The summed E-state index contributed by atoms with van der Waals surface area (Å²) in [4.78, 5) is 20.3. The molecular weight excluding hydrogens is 170 g/mol. The molecule has 0 aliphatic carbocycles. The molecule has 0 saturated carbocycles. The van der Waals surface area contributed by atoms with Gasteiger partial charge in [0, 0.05) is 13.0 Å². The lowest BCUT2D eigenvalue weighted by Gasteiger charge is -2.01. The third kappa shape index (κ3) is 5.57. The van der Waals surface area contributed by atoms with Crippen LogP contribution in [0, 0.1) is 0 Å². The average Bonchev–Trinajstić information content (AvgIpc) is 1.97. The van der Waals surface area contributed by atoms with E-state index >= 15 is 0 Å². The normalized spacial score (nSPS) is 9.92. The third-order valence-corrected chi connectivity index (χ3v) is 1.10. The van der Waals surface area contributed by atoms with Crippen LogP contribution >= 0.6 is 0 Å². The van der Waals surface area contributed by atoms with E-state index in [1.54, 1.807) is 0 Å². The number of nitrogens with one attached hydrogen (secondary N) is 1. The molecule has 0 aliphatic rings. The largest absolute Gasteiger partial charge is 0.370 e. The van der Waals surface area contributed by atoms with Crippen LogP contribution in [-0.2, 0) is 9.59 Å². The van der Waals surface area contributed by atoms with Crippen LogP contribution in [0.1, 0.15) is 12.8 Å². The first-order valence-electron chi connectivity index (χ1n) is 3.38. The summed E-state index contributed by atoms with van der Waals surface area (Å²) < 4.78 is 23.0. The van der Waals surface area contributed by atoms with E-state index in [0.717, 1.165) is 0 Å². The predicted molar refractivity (Wildman–Crippen MR) is 37.4 cm³/mol. The fraction of sp³-hybridized carbons (Fsp3) is 0.667. The van der Waals surface area contributed by atoms with Gasteiger partial charge in [-0.15, -0.1) is 0 Å². The minimum Gasteiger partial charge on any atom is -0.370 e. The van der Waals surface area contributed by atoms with Gasteiger partial charge in [-0.3, -0.25) is 9.59 Å². The maximum Gasteiger partial charge on any atom is 0.315 e. The van der Waals surface area contributed by atoms with Crippen molar-refractivity contribution in [1.29, 1.82) is 0 Å². The van der Waals surface area contributed by atoms with Crippen LogP contribution in [0.4, 0.5) is 8.78 Å². The topological polar surface area (TPSA) is 72.2 Å². The van der Waals surface area contributed by atoms with E-state index in [-0.39, 0.29) is 19.4 Å². The number of halogens is 2. The van der Waals surface area contributed by atoms with E-state index < -0.39 is 18.2 Å². The molecule has 0 fully saturated rings. The molecule has 0 aromatic carbocycles. The summed E-state index contributed by atoms with van der Waals surface area (Å²) in [5, 5.41) is 1.94. The molecule has 2 amide bonds. The standard InChI is InChI=1S/C6H10F2N2O2/c7-5(8)6(12)10-3-1-2-4(9)11/h5H,1-3H2,(H2,9,11)(H,10,12). The van der Waals surface area contributed by atoms with Gasteiger partial charge in [-0.2, -0.15) is 8.78 Å². The molecule has 70 valence electrons. The van der Waals surface area contributed by atoms with Crippen molar-refractivity contribution in [3.05, 3.63) is 0 Å². The Morgan fingerprint density at radius 3 is 2.42 bits per heavy atom. The third-order valence-electron chi connectivity index (χ3n) is 1.10. The zero-order chi connectivity index (χ0) is 9.56. The van der Waals surface area contributed by atoms with Crippen LogP contribution in [-0.4, -0.2) is 24.8 Å². The molecule has 0 heterocycles. The predicted octanol–water partition coefficient (Wildman–Crippen LogP) is -0.367. The molecule has 3 N–H and O–H groups in total. The first kappa shape index (κ1) is 10.8. The Bertz CT molecular complexity index is 173. The summed E-state index contributed by atoms with van der Waals surface area (Å²) in [6.07, 6.45) is -2.63. The molecule has 12 heavy (non-hydrogen) atoms. The van der Waals surface area contributed by atoms with E-state index in [1.165, 1.54) is 0 Å². The summed E-state index contributed by atoms with van der Waals surface area (Å²) >= 11 is 0. The average molecular weight is 180 g/mol. The minimum absolute atomic E-state index is 0.0477. The van der Waals surface area contributed by atoms with Crippen LogP contribution < -0.4 is 11.1 Å². The van der Waals surface area contributed by atoms with Crippen LogP contribution in [0.2, 0.25) is 0 Å². The lowest BCUT2D eigenvalue weighted by atomic mass is 10.3. The zero-order valence-corrected chi connectivity index (χ0v) is 6.35. The van der Waals surface area contributed by atoms with Gasteiger partial charge in [0.05, 0.1) is 0 Å². The number of carbonyl (C=O) groups is 2. The number of rotatable bonds is 5. The second-order valence-electron chi connectivity index (χ2n) is 2.16. The van der Waals surface area contributed by atoms with Gasteiger partial charge in [0.2, 0.25) is 5.91 Å². The molecule has 6 heteroatoms. The van der Waals surface area contributed by atoms with Crippen molar-refractivity contribution < 1.29 is 18.4 Å². The Balaban J connectivity index is 3.32. The summed E-state index contributed by atoms with van der Waals surface area (Å²) in [5.74, 6) is -1.83. The van der Waals surface area contributed by atoms with Crippen molar-refractivity contribution in [2.75, 3.05) is 6.54 Å². The maximum absolute atomic E-state index is 11.5. The first-order chi connectivity index (χ1) is 5.54. The molecule has 0 unspecified atom stereocenters. The molecule has 0 aliphatic heterocycles. The maximum atomic E-state index is 11.5. The fourth-order valence-corrected chi connectivity index (χ4v) is 0.551. The monoisotopic (exact) mass is 180 g/mol. The van der Waals surface area contributed by atoms with E-state index in [2.05, 4.69) is 0 Å². The number of alkyl halides is 2. The summed E-state index contributed by atoms with van der Waals surface area (Å²) in [6, 6.07) is 0. The molecule has 0 aromatic heterocycles. The van der Waals surface area contributed by atoms with E-state index in [9.17, 15) is 18.4 Å². The highest BCUT2D eigenvalue weighted by molar-refractivity contribution is 5.79. The number of amides is 2. The van der Waals surface area contributed by atoms with Gasteiger partial charge in [0.25, 0.3) is 5.91 Å². The summed E-state index contributed by atoms with van der Waals surface area (Å²) in [7, 11) is 0. The lowest BCUT2D eigenvalue weighted by molar-refractivity contribution is -0.131. The van der Waals surface area contributed by atoms with Crippen LogP contribution in [0.15, 0.2) is 0 Å².